The van der Waals surface area contributed by atoms with Crippen LogP contribution >= 0.6 is 11.8 Å². The minimum Gasteiger partial charge on any atom is -0.313 e. The normalized spacial score (nSPS) is 14.4. The molecule has 5 heteroatoms. The molecule has 0 spiro atoms. The van der Waals surface area contributed by atoms with Gasteiger partial charge in [-0.3, -0.25) is 0 Å². The third-order valence-electron chi connectivity index (χ3n) is 1.79. The fraction of sp³-hybridized carbons (Fsp3) is 1.00. The van der Waals surface area contributed by atoms with E-state index in [2.05, 4.69) is 5.32 Å². The summed E-state index contributed by atoms with van der Waals surface area (Å²) in [5, 5.41) is 3.07. The lowest BCUT2D eigenvalue weighted by Crippen LogP contribution is -2.32. The lowest BCUT2D eigenvalue weighted by atomic mass is 10.2. The predicted octanol–water partition coefficient (Wildman–Crippen LogP) is 3.06. The van der Waals surface area contributed by atoms with E-state index in [0.29, 0.717) is 0 Å². The molecule has 1 atom stereocenters. The van der Waals surface area contributed by atoms with Crippen LogP contribution in [0.4, 0.5) is 13.2 Å². The van der Waals surface area contributed by atoms with Gasteiger partial charge in [0.1, 0.15) is 0 Å². The third-order valence-corrected chi connectivity index (χ3v) is 2.84. The van der Waals surface area contributed by atoms with Gasteiger partial charge >= 0.3 is 6.18 Å². The average Bonchev–Trinajstić information content (AvgIpc) is 2.08. The highest BCUT2D eigenvalue weighted by atomic mass is 32.2. The molecule has 0 aromatic carbocycles. The van der Waals surface area contributed by atoms with Crippen molar-refractivity contribution in [3.63, 3.8) is 0 Å². The first-order valence-corrected chi connectivity index (χ1v) is 6.03. The van der Waals surface area contributed by atoms with E-state index >= 15 is 0 Å². The number of alkyl halides is 3. The summed E-state index contributed by atoms with van der Waals surface area (Å²) in [6.45, 7) is 4.65. The molecular formula is C9H18F3NS. The number of rotatable bonds is 7. The first-order chi connectivity index (χ1) is 6.49. The van der Waals surface area contributed by atoms with E-state index in [-0.39, 0.29) is 12.5 Å². The minimum absolute atomic E-state index is 0.00780. The molecule has 14 heavy (non-hydrogen) atoms. The van der Waals surface area contributed by atoms with Crippen LogP contribution in [0.5, 0.6) is 0 Å². The zero-order chi connectivity index (χ0) is 11.0. The van der Waals surface area contributed by atoms with Crippen molar-refractivity contribution in [1.29, 1.82) is 0 Å². The van der Waals surface area contributed by atoms with Crippen LogP contribution < -0.4 is 5.32 Å². The van der Waals surface area contributed by atoms with Crippen molar-refractivity contribution in [3.05, 3.63) is 0 Å². The topological polar surface area (TPSA) is 12.0 Å². The van der Waals surface area contributed by atoms with Gasteiger partial charge in [-0.05, 0) is 18.7 Å². The molecule has 0 aliphatic heterocycles. The maximum Gasteiger partial charge on any atom is 0.389 e. The molecule has 0 saturated carbocycles. The molecule has 86 valence electrons. The van der Waals surface area contributed by atoms with Crippen molar-refractivity contribution >= 4 is 11.8 Å². The van der Waals surface area contributed by atoms with Crippen molar-refractivity contribution in [1.82, 2.24) is 5.32 Å². The quantitative estimate of drug-likeness (QED) is 0.720. The minimum atomic E-state index is -4.02. The van der Waals surface area contributed by atoms with Gasteiger partial charge in [-0.2, -0.15) is 24.9 Å². The predicted molar refractivity (Wildman–Crippen MR) is 55.8 cm³/mol. The molecular weight excluding hydrogens is 211 g/mol. The molecule has 0 amide bonds. The molecule has 1 nitrogen and oxygen atoms in total. The molecule has 0 rings (SSSR count). The van der Waals surface area contributed by atoms with E-state index in [1.165, 1.54) is 0 Å². The number of hydrogen-bond donors (Lipinski definition) is 1. The SMILES string of the molecule is CCNC(CCC(F)(F)F)CSCC. The summed E-state index contributed by atoms with van der Waals surface area (Å²) < 4.78 is 35.8. The molecule has 0 aromatic rings. The summed E-state index contributed by atoms with van der Waals surface area (Å²) in [5.74, 6) is 1.72. The molecule has 1 unspecified atom stereocenters. The zero-order valence-corrected chi connectivity index (χ0v) is 9.47. The molecule has 0 heterocycles. The van der Waals surface area contributed by atoms with E-state index in [0.717, 1.165) is 18.1 Å². The molecule has 0 radical (unpaired) electrons. The molecule has 0 aromatic heterocycles. The van der Waals surface area contributed by atoms with Crippen molar-refractivity contribution in [2.24, 2.45) is 0 Å². The summed E-state index contributed by atoms with van der Waals surface area (Å²) in [4.78, 5) is 0. The number of halogens is 3. The van der Waals surface area contributed by atoms with Gasteiger partial charge in [-0.25, -0.2) is 0 Å². The molecule has 0 saturated heterocycles. The Kier molecular flexibility index (Phi) is 7.45. The highest BCUT2D eigenvalue weighted by Crippen LogP contribution is 2.23. The van der Waals surface area contributed by atoms with Gasteiger partial charge in [-0.1, -0.05) is 13.8 Å². The van der Waals surface area contributed by atoms with Gasteiger partial charge in [-0.15, -0.1) is 0 Å². The molecule has 0 bridgehead atoms. The Bertz CT molecular complexity index is 139. The van der Waals surface area contributed by atoms with Gasteiger partial charge < -0.3 is 5.32 Å². The Hall–Kier alpha value is 0.100. The van der Waals surface area contributed by atoms with Gasteiger partial charge in [0.25, 0.3) is 0 Å². The fourth-order valence-electron chi connectivity index (χ4n) is 1.13. The summed E-state index contributed by atoms with van der Waals surface area (Å²) >= 11 is 1.68. The van der Waals surface area contributed by atoms with Crippen LogP contribution in [0.3, 0.4) is 0 Å². The fourth-order valence-corrected chi connectivity index (χ4v) is 1.94. The van der Waals surface area contributed by atoms with Gasteiger partial charge in [0.2, 0.25) is 0 Å². The largest absolute Gasteiger partial charge is 0.389 e. The van der Waals surface area contributed by atoms with Crippen LogP contribution in [-0.2, 0) is 0 Å². The second-order valence-corrected chi connectivity index (χ2v) is 4.39. The maximum absolute atomic E-state index is 11.9. The Morgan fingerprint density at radius 1 is 1.29 bits per heavy atom. The van der Waals surface area contributed by atoms with Gasteiger partial charge in [0, 0.05) is 18.2 Å². The molecule has 0 aliphatic carbocycles. The highest BCUT2D eigenvalue weighted by Gasteiger charge is 2.27. The second kappa shape index (κ2) is 7.40. The highest BCUT2D eigenvalue weighted by molar-refractivity contribution is 7.99. The smallest absolute Gasteiger partial charge is 0.313 e. The van der Waals surface area contributed by atoms with E-state index in [1.54, 1.807) is 11.8 Å². The summed E-state index contributed by atoms with van der Waals surface area (Å²) in [6.07, 6.45) is -4.52. The summed E-state index contributed by atoms with van der Waals surface area (Å²) in [7, 11) is 0. The third kappa shape index (κ3) is 8.69. The van der Waals surface area contributed by atoms with E-state index in [9.17, 15) is 13.2 Å². The van der Waals surface area contributed by atoms with Gasteiger partial charge in [0.15, 0.2) is 0 Å². The van der Waals surface area contributed by atoms with E-state index < -0.39 is 12.6 Å². The number of nitrogens with one attached hydrogen (secondary N) is 1. The van der Waals surface area contributed by atoms with E-state index in [1.807, 2.05) is 13.8 Å². The monoisotopic (exact) mass is 229 g/mol. The van der Waals surface area contributed by atoms with Crippen molar-refractivity contribution in [2.45, 2.75) is 38.9 Å². The van der Waals surface area contributed by atoms with Crippen LogP contribution in [0, 0.1) is 0 Å². The van der Waals surface area contributed by atoms with Crippen LogP contribution in [-0.4, -0.2) is 30.3 Å². The Morgan fingerprint density at radius 2 is 1.93 bits per heavy atom. The van der Waals surface area contributed by atoms with Crippen LogP contribution in [0.15, 0.2) is 0 Å². The lowest BCUT2D eigenvalue weighted by Gasteiger charge is -2.17. The molecule has 0 aliphatic rings. The Morgan fingerprint density at radius 3 is 2.36 bits per heavy atom. The Balaban J connectivity index is 3.72. The zero-order valence-electron chi connectivity index (χ0n) is 8.66. The Labute approximate surface area is 87.8 Å². The molecule has 1 N–H and O–H groups in total. The van der Waals surface area contributed by atoms with Crippen molar-refractivity contribution in [2.75, 3.05) is 18.1 Å². The van der Waals surface area contributed by atoms with Crippen LogP contribution in [0.2, 0.25) is 0 Å². The number of hydrogen-bond acceptors (Lipinski definition) is 2. The lowest BCUT2D eigenvalue weighted by molar-refractivity contribution is -0.136. The maximum atomic E-state index is 11.9. The summed E-state index contributed by atoms with van der Waals surface area (Å²) in [6, 6.07) is -0.00780. The first-order valence-electron chi connectivity index (χ1n) is 4.87. The van der Waals surface area contributed by atoms with Crippen molar-refractivity contribution in [3.8, 4) is 0 Å². The second-order valence-electron chi connectivity index (χ2n) is 3.07. The molecule has 0 fully saturated rings. The van der Waals surface area contributed by atoms with Crippen LogP contribution in [0.25, 0.3) is 0 Å². The first kappa shape index (κ1) is 14.1. The number of thioether (sulfide) groups is 1. The van der Waals surface area contributed by atoms with E-state index in [4.69, 9.17) is 0 Å². The summed E-state index contributed by atoms with van der Waals surface area (Å²) in [5.41, 5.74) is 0. The average molecular weight is 229 g/mol. The van der Waals surface area contributed by atoms with Gasteiger partial charge in [0.05, 0.1) is 0 Å². The standard InChI is InChI=1S/C9H18F3NS/c1-3-13-8(7-14-4-2)5-6-9(10,11)12/h8,13H,3-7H2,1-2H3. The van der Waals surface area contributed by atoms with Crippen LogP contribution in [0.1, 0.15) is 26.7 Å². The van der Waals surface area contributed by atoms with Crippen molar-refractivity contribution < 1.29 is 13.2 Å².